The van der Waals surface area contributed by atoms with Crippen LogP contribution < -0.4 is 16.3 Å². The van der Waals surface area contributed by atoms with Crippen molar-refractivity contribution in [2.24, 2.45) is 5.41 Å². The Morgan fingerprint density at radius 1 is 1.56 bits per heavy atom. The molecule has 0 aliphatic carbocycles. The molecular formula is C13H18N2O3. The number of nitrogens with one attached hydrogen (secondary N) is 2. The molecule has 0 aromatic carbocycles. The monoisotopic (exact) mass is 250 g/mol. The van der Waals surface area contributed by atoms with Crippen LogP contribution in [0.15, 0.2) is 27.6 Å². The first-order chi connectivity index (χ1) is 8.59. The molecule has 1 aliphatic heterocycles. The van der Waals surface area contributed by atoms with Crippen LogP contribution in [0.2, 0.25) is 0 Å². The van der Waals surface area contributed by atoms with Crippen molar-refractivity contribution in [2.45, 2.75) is 19.8 Å². The summed E-state index contributed by atoms with van der Waals surface area (Å²) in [6.07, 6.45) is 3.43. The molecule has 1 amide bonds. The fraction of sp³-hybridized carbons (Fsp3) is 0.538. The Labute approximate surface area is 106 Å². The molecule has 1 aromatic rings. The SMILES string of the molecule is CC1(CNC(=O)c2ccc(=O)oc2)CCCNC1. The Balaban J connectivity index is 1.91. The molecule has 1 aliphatic rings. The third-order valence-corrected chi connectivity index (χ3v) is 3.32. The summed E-state index contributed by atoms with van der Waals surface area (Å²) >= 11 is 0. The molecule has 1 fully saturated rings. The van der Waals surface area contributed by atoms with E-state index < -0.39 is 5.63 Å². The van der Waals surface area contributed by atoms with Crippen LogP contribution >= 0.6 is 0 Å². The summed E-state index contributed by atoms with van der Waals surface area (Å²) in [5, 5.41) is 6.22. The Kier molecular flexibility index (Phi) is 3.81. The topological polar surface area (TPSA) is 71.3 Å². The van der Waals surface area contributed by atoms with E-state index in [0.29, 0.717) is 12.1 Å². The minimum Gasteiger partial charge on any atom is -0.430 e. The molecule has 2 rings (SSSR count). The van der Waals surface area contributed by atoms with Crippen molar-refractivity contribution >= 4 is 5.91 Å². The first kappa shape index (κ1) is 12.8. The van der Waals surface area contributed by atoms with Crippen molar-refractivity contribution in [1.29, 1.82) is 0 Å². The zero-order valence-electron chi connectivity index (χ0n) is 10.5. The van der Waals surface area contributed by atoms with Crippen LogP contribution in [0, 0.1) is 5.41 Å². The zero-order chi connectivity index (χ0) is 13.0. The second-order valence-electron chi connectivity index (χ2n) is 5.12. The van der Waals surface area contributed by atoms with Gasteiger partial charge in [-0.05, 0) is 30.9 Å². The van der Waals surface area contributed by atoms with Gasteiger partial charge in [0.1, 0.15) is 6.26 Å². The van der Waals surface area contributed by atoms with E-state index in [4.69, 9.17) is 0 Å². The van der Waals surface area contributed by atoms with Gasteiger partial charge in [0.05, 0.1) is 5.56 Å². The average molecular weight is 250 g/mol. The van der Waals surface area contributed by atoms with Crippen LogP contribution in [0.1, 0.15) is 30.1 Å². The van der Waals surface area contributed by atoms with E-state index in [1.807, 2.05) is 0 Å². The first-order valence-electron chi connectivity index (χ1n) is 6.17. The largest absolute Gasteiger partial charge is 0.430 e. The highest BCUT2D eigenvalue weighted by atomic mass is 16.4. The van der Waals surface area contributed by atoms with Crippen molar-refractivity contribution < 1.29 is 9.21 Å². The highest BCUT2D eigenvalue weighted by Crippen LogP contribution is 2.24. The van der Waals surface area contributed by atoms with Crippen LogP contribution in [-0.2, 0) is 0 Å². The third kappa shape index (κ3) is 3.20. The van der Waals surface area contributed by atoms with E-state index in [1.165, 1.54) is 18.4 Å². The van der Waals surface area contributed by atoms with Gasteiger partial charge in [-0.3, -0.25) is 4.79 Å². The lowest BCUT2D eigenvalue weighted by atomic mass is 9.83. The third-order valence-electron chi connectivity index (χ3n) is 3.32. The molecule has 2 N–H and O–H groups in total. The highest BCUT2D eigenvalue weighted by molar-refractivity contribution is 5.93. The molecule has 5 heteroatoms. The Morgan fingerprint density at radius 2 is 2.39 bits per heavy atom. The van der Waals surface area contributed by atoms with Gasteiger partial charge in [-0.1, -0.05) is 6.92 Å². The average Bonchev–Trinajstić information content (AvgIpc) is 2.38. The maximum absolute atomic E-state index is 11.8. The Hall–Kier alpha value is -1.62. The van der Waals surface area contributed by atoms with Crippen molar-refractivity contribution in [2.75, 3.05) is 19.6 Å². The zero-order valence-corrected chi connectivity index (χ0v) is 10.5. The van der Waals surface area contributed by atoms with Crippen LogP contribution in [-0.4, -0.2) is 25.5 Å². The number of amides is 1. The Bertz CT molecular complexity index is 455. The van der Waals surface area contributed by atoms with E-state index in [0.717, 1.165) is 25.9 Å². The van der Waals surface area contributed by atoms with E-state index in [1.54, 1.807) is 0 Å². The fourth-order valence-corrected chi connectivity index (χ4v) is 2.15. The van der Waals surface area contributed by atoms with Gasteiger partial charge < -0.3 is 15.1 Å². The van der Waals surface area contributed by atoms with E-state index in [2.05, 4.69) is 22.0 Å². The molecule has 1 unspecified atom stereocenters. The van der Waals surface area contributed by atoms with Crippen molar-refractivity contribution in [3.8, 4) is 0 Å². The summed E-state index contributed by atoms with van der Waals surface area (Å²) in [5.74, 6) is -0.203. The van der Waals surface area contributed by atoms with Gasteiger partial charge in [0.25, 0.3) is 5.91 Å². The van der Waals surface area contributed by atoms with Gasteiger partial charge in [-0.15, -0.1) is 0 Å². The maximum atomic E-state index is 11.8. The van der Waals surface area contributed by atoms with Crippen LogP contribution in [0.3, 0.4) is 0 Å². The second kappa shape index (κ2) is 5.35. The smallest absolute Gasteiger partial charge is 0.335 e. The van der Waals surface area contributed by atoms with Gasteiger partial charge in [0.15, 0.2) is 0 Å². The highest BCUT2D eigenvalue weighted by Gasteiger charge is 2.27. The fourth-order valence-electron chi connectivity index (χ4n) is 2.15. The van der Waals surface area contributed by atoms with Crippen molar-refractivity contribution in [3.63, 3.8) is 0 Å². The van der Waals surface area contributed by atoms with Crippen molar-refractivity contribution in [1.82, 2.24) is 10.6 Å². The molecule has 1 aromatic heterocycles. The van der Waals surface area contributed by atoms with Crippen molar-refractivity contribution in [3.05, 3.63) is 34.4 Å². The van der Waals surface area contributed by atoms with E-state index >= 15 is 0 Å². The van der Waals surface area contributed by atoms with Gasteiger partial charge in [-0.25, -0.2) is 4.79 Å². The number of hydrogen-bond donors (Lipinski definition) is 2. The molecule has 1 saturated heterocycles. The second-order valence-corrected chi connectivity index (χ2v) is 5.12. The van der Waals surface area contributed by atoms with E-state index in [-0.39, 0.29) is 11.3 Å². The molecule has 5 nitrogen and oxygen atoms in total. The minimum atomic E-state index is -0.449. The summed E-state index contributed by atoms with van der Waals surface area (Å²) in [5.41, 5.74) is 0.0285. The molecule has 1 atom stereocenters. The molecule has 2 heterocycles. The summed E-state index contributed by atoms with van der Waals surface area (Å²) in [4.78, 5) is 22.6. The number of carbonyl (C=O) groups is 1. The summed E-state index contributed by atoms with van der Waals surface area (Å²) < 4.78 is 4.67. The summed E-state index contributed by atoms with van der Waals surface area (Å²) in [6.45, 7) is 4.74. The molecule has 0 radical (unpaired) electrons. The normalized spacial score (nSPS) is 23.6. The van der Waals surface area contributed by atoms with E-state index in [9.17, 15) is 9.59 Å². The lowest BCUT2D eigenvalue weighted by Gasteiger charge is -2.34. The predicted octanol–water partition coefficient (Wildman–Crippen LogP) is 0.759. The summed E-state index contributed by atoms with van der Waals surface area (Å²) in [6, 6.07) is 2.72. The number of rotatable bonds is 3. The maximum Gasteiger partial charge on any atom is 0.335 e. The minimum absolute atomic E-state index is 0.101. The van der Waals surface area contributed by atoms with Crippen LogP contribution in [0.5, 0.6) is 0 Å². The standard InChI is InChI=1S/C13H18N2O3/c1-13(5-2-6-14-8-13)9-15-12(17)10-3-4-11(16)18-7-10/h3-4,7,14H,2,5-6,8-9H2,1H3,(H,15,17). The number of hydrogen-bond acceptors (Lipinski definition) is 4. The van der Waals surface area contributed by atoms with Gasteiger partial charge in [0, 0.05) is 19.2 Å². The molecule has 0 bridgehead atoms. The molecule has 0 saturated carbocycles. The quantitative estimate of drug-likeness (QED) is 0.830. The molecule has 0 spiro atoms. The molecular weight excluding hydrogens is 232 g/mol. The van der Waals surface area contributed by atoms with Crippen LogP contribution in [0.4, 0.5) is 0 Å². The number of piperidine rings is 1. The lowest BCUT2D eigenvalue weighted by Crippen LogP contribution is -2.45. The Morgan fingerprint density at radius 3 is 3.00 bits per heavy atom. The molecule has 98 valence electrons. The predicted molar refractivity (Wildman–Crippen MR) is 67.5 cm³/mol. The molecule has 18 heavy (non-hydrogen) atoms. The van der Waals surface area contributed by atoms with Gasteiger partial charge in [-0.2, -0.15) is 0 Å². The first-order valence-corrected chi connectivity index (χ1v) is 6.17. The van der Waals surface area contributed by atoms with Gasteiger partial charge in [0.2, 0.25) is 0 Å². The number of carbonyl (C=O) groups excluding carboxylic acids is 1. The van der Waals surface area contributed by atoms with Gasteiger partial charge >= 0.3 is 5.63 Å². The van der Waals surface area contributed by atoms with Crippen LogP contribution in [0.25, 0.3) is 0 Å². The lowest BCUT2D eigenvalue weighted by molar-refractivity contribution is 0.0922. The summed E-state index contributed by atoms with van der Waals surface area (Å²) in [7, 11) is 0.